The number of nitrogens with two attached hydrogens (primary N) is 1. The summed E-state index contributed by atoms with van der Waals surface area (Å²) in [5.41, 5.74) is 6.85. The zero-order chi connectivity index (χ0) is 12.4. The van der Waals surface area contributed by atoms with Crippen LogP contribution in [0.2, 0.25) is 0 Å². The standard InChI is InChI=1S/C13H18N2O2/c1-9(2)10(14)7-15-11-5-3-4-6-12(11)17-8-13(15)16/h3-6,9-10H,7-8,14H2,1-2H3. The molecule has 1 heterocycles. The van der Waals surface area contributed by atoms with Crippen LogP contribution in [0.4, 0.5) is 5.69 Å². The van der Waals surface area contributed by atoms with Gasteiger partial charge in [-0.2, -0.15) is 0 Å². The van der Waals surface area contributed by atoms with Gasteiger partial charge in [-0.3, -0.25) is 4.79 Å². The number of benzene rings is 1. The molecule has 0 radical (unpaired) electrons. The van der Waals surface area contributed by atoms with Crippen molar-refractivity contribution in [1.82, 2.24) is 0 Å². The molecule has 0 fully saturated rings. The largest absolute Gasteiger partial charge is 0.482 e. The number of amides is 1. The third kappa shape index (κ3) is 2.42. The van der Waals surface area contributed by atoms with Crippen molar-refractivity contribution in [2.24, 2.45) is 11.7 Å². The predicted octanol–water partition coefficient (Wildman–Crippen LogP) is 1.40. The molecule has 1 aliphatic heterocycles. The lowest BCUT2D eigenvalue weighted by Gasteiger charge is -2.32. The highest BCUT2D eigenvalue weighted by Crippen LogP contribution is 2.31. The molecule has 0 saturated heterocycles. The Balaban J connectivity index is 2.24. The van der Waals surface area contributed by atoms with Crippen LogP contribution < -0.4 is 15.4 Å². The average Bonchev–Trinajstić information content (AvgIpc) is 2.32. The molecule has 0 bridgehead atoms. The van der Waals surface area contributed by atoms with Crippen molar-refractivity contribution >= 4 is 11.6 Å². The number of hydrogen-bond acceptors (Lipinski definition) is 3. The summed E-state index contributed by atoms with van der Waals surface area (Å²) in [6, 6.07) is 7.53. The van der Waals surface area contributed by atoms with Gasteiger partial charge >= 0.3 is 0 Å². The minimum absolute atomic E-state index is 0.0230. The maximum Gasteiger partial charge on any atom is 0.265 e. The molecule has 1 amide bonds. The van der Waals surface area contributed by atoms with Gasteiger partial charge in [0.25, 0.3) is 5.91 Å². The maximum absolute atomic E-state index is 11.9. The Morgan fingerprint density at radius 1 is 1.41 bits per heavy atom. The molecule has 2 N–H and O–H groups in total. The molecule has 0 saturated carbocycles. The lowest BCUT2D eigenvalue weighted by atomic mass is 10.0. The fourth-order valence-corrected chi connectivity index (χ4v) is 1.78. The highest BCUT2D eigenvalue weighted by Gasteiger charge is 2.27. The van der Waals surface area contributed by atoms with Crippen LogP contribution in [0, 0.1) is 5.92 Å². The van der Waals surface area contributed by atoms with E-state index < -0.39 is 0 Å². The highest BCUT2D eigenvalue weighted by molar-refractivity contribution is 5.97. The van der Waals surface area contributed by atoms with Crippen molar-refractivity contribution < 1.29 is 9.53 Å². The van der Waals surface area contributed by atoms with Gasteiger partial charge in [0.15, 0.2) is 6.61 Å². The molecule has 1 aromatic carbocycles. The van der Waals surface area contributed by atoms with Gasteiger partial charge in [-0.05, 0) is 18.1 Å². The first-order valence-corrected chi connectivity index (χ1v) is 5.87. The van der Waals surface area contributed by atoms with E-state index in [1.54, 1.807) is 4.90 Å². The van der Waals surface area contributed by atoms with E-state index in [-0.39, 0.29) is 18.6 Å². The summed E-state index contributed by atoms with van der Waals surface area (Å²) in [5.74, 6) is 1.07. The van der Waals surface area contributed by atoms with E-state index in [0.29, 0.717) is 12.5 Å². The topological polar surface area (TPSA) is 55.6 Å². The molecule has 4 heteroatoms. The van der Waals surface area contributed by atoms with Crippen molar-refractivity contribution in [2.75, 3.05) is 18.1 Å². The third-order valence-corrected chi connectivity index (χ3v) is 3.06. The van der Waals surface area contributed by atoms with E-state index in [2.05, 4.69) is 13.8 Å². The van der Waals surface area contributed by atoms with Crippen LogP contribution in [-0.2, 0) is 4.79 Å². The van der Waals surface area contributed by atoms with Crippen molar-refractivity contribution in [3.8, 4) is 5.75 Å². The molecule has 4 nitrogen and oxygen atoms in total. The van der Waals surface area contributed by atoms with Crippen LogP contribution in [-0.4, -0.2) is 25.1 Å². The fourth-order valence-electron chi connectivity index (χ4n) is 1.78. The number of nitrogens with zero attached hydrogens (tertiary/aromatic N) is 1. The van der Waals surface area contributed by atoms with E-state index in [0.717, 1.165) is 11.4 Å². The van der Waals surface area contributed by atoms with Crippen molar-refractivity contribution in [3.05, 3.63) is 24.3 Å². The lowest BCUT2D eigenvalue weighted by Crippen LogP contribution is -2.47. The summed E-state index contributed by atoms with van der Waals surface area (Å²) in [5, 5.41) is 0. The van der Waals surface area contributed by atoms with Crippen LogP contribution in [0.15, 0.2) is 24.3 Å². The Morgan fingerprint density at radius 2 is 2.12 bits per heavy atom. The molecule has 1 unspecified atom stereocenters. The van der Waals surface area contributed by atoms with Gasteiger partial charge in [-0.25, -0.2) is 0 Å². The van der Waals surface area contributed by atoms with Crippen molar-refractivity contribution in [1.29, 1.82) is 0 Å². The quantitative estimate of drug-likeness (QED) is 0.860. The fraction of sp³-hybridized carbons (Fsp3) is 0.462. The van der Waals surface area contributed by atoms with Gasteiger partial charge < -0.3 is 15.4 Å². The van der Waals surface area contributed by atoms with Gasteiger partial charge in [-0.1, -0.05) is 26.0 Å². The molecule has 0 aromatic heterocycles. The minimum atomic E-state index is -0.0280. The van der Waals surface area contributed by atoms with Gasteiger partial charge in [0.05, 0.1) is 5.69 Å². The molecular weight excluding hydrogens is 216 g/mol. The van der Waals surface area contributed by atoms with E-state index in [1.807, 2.05) is 24.3 Å². The van der Waals surface area contributed by atoms with Crippen LogP contribution in [0.25, 0.3) is 0 Å². The number of carbonyl (C=O) groups excluding carboxylic acids is 1. The van der Waals surface area contributed by atoms with Crippen LogP contribution in [0.3, 0.4) is 0 Å². The number of hydrogen-bond donors (Lipinski definition) is 1. The second-order valence-electron chi connectivity index (χ2n) is 4.67. The number of anilines is 1. The highest BCUT2D eigenvalue weighted by atomic mass is 16.5. The van der Waals surface area contributed by atoms with E-state index in [4.69, 9.17) is 10.5 Å². The SMILES string of the molecule is CC(C)C(N)CN1C(=O)COc2ccccc21. The Hall–Kier alpha value is -1.55. The van der Waals surface area contributed by atoms with Gasteiger partial charge in [0.1, 0.15) is 5.75 Å². The predicted molar refractivity (Wildman–Crippen MR) is 67.1 cm³/mol. The number of para-hydroxylation sites is 2. The first kappa shape index (κ1) is 11.9. The Labute approximate surface area is 101 Å². The Bertz CT molecular complexity index is 418. The average molecular weight is 234 g/mol. The molecule has 17 heavy (non-hydrogen) atoms. The molecule has 0 spiro atoms. The van der Waals surface area contributed by atoms with E-state index in [9.17, 15) is 4.79 Å². The molecular formula is C13H18N2O2. The summed E-state index contributed by atoms with van der Waals surface area (Å²) in [4.78, 5) is 13.6. The van der Waals surface area contributed by atoms with Gasteiger partial charge in [-0.15, -0.1) is 0 Å². The number of rotatable bonds is 3. The monoisotopic (exact) mass is 234 g/mol. The van der Waals surface area contributed by atoms with Crippen LogP contribution in [0.1, 0.15) is 13.8 Å². The second kappa shape index (κ2) is 4.75. The number of ether oxygens (including phenoxy) is 1. The second-order valence-corrected chi connectivity index (χ2v) is 4.67. The third-order valence-electron chi connectivity index (χ3n) is 3.06. The van der Waals surface area contributed by atoms with Gasteiger partial charge in [0, 0.05) is 12.6 Å². The van der Waals surface area contributed by atoms with Gasteiger partial charge in [0.2, 0.25) is 0 Å². The molecule has 1 atom stereocenters. The summed E-state index contributed by atoms with van der Waals surface area (Å²) in [7, 11) is 0. The number of carbonyl (C=O) groups is 1. The van der Waals surface area contributed by atoms with Crippen molar-refractivity contribution in [3.63, 3.8) is 0 Å². The summed E-state index contributed by atoms with van der Waals surface area (Å²) >= 11 is 0. The van der Waals surface area contributed by atoms with Crippen LogP contribution in [0.5, 0.6) is 5.75 Å². The Morgan fingerprint density at radius 3 is 2.82 bits per heavy atom. The zero-order valence-electron chi connectivity index (χ0n) is 10.2. The lowest BCUT2D eigenvalue weighted by molar-refractivity contribution is -0.121. The van der Waals surface area contributed by atoms with E-state index >= 15 is 0 Å². The molecule has 2 rings (SSSR count). The minimum Gasteiger partial charge on any atom is -0.482 e. The summed E-state index contributed by atoms with van der Waals surface area (Å²) in [6.45, 7) is 4.75. The van der Waals surface area contributed by atoms with Crippen molar-refractivity contribution in [2.45, 2.75) is 19.9 Å². The molecule has 92 valence electrons. The van der Waals surface area contributed by atoms with Crippen LogP contribution >= 0.6 is 0 Å². The van der Waals surface area contributed by atoms with E-state index in [1.165, 1.54) is 0 Å². The normalized spacial score (nSPS) is 16.7. The molecule has 1 aliphatic rings. The zero-order valence-corrected chi connectivity index (χ0v) is 10.2. The summed E-state index contributed by atoms with van der Waals surface area (Å²) < 4.78 is 5.38. The first-order chi connectivity index (χ1) is 8.09. The maximum atomic E-state index is 11.9. The molecule has 1 aromatic rings. The summed E-state index contributed by atoms with van der Waals surface area (Å²) in [6.07, 6.45) is 0. The first-order valence-electron chi connectivity index (χ1n) is 5.87. The Kier molecular flexibility index (Phi) is 3.33. The molecule has 0 aliphatic carbocycles. The number of fused-ring (bicyclic) bond motifs is 1. The smallest absolute Gasteiger partial charge is 0.265 e.